The number of nitriles is 4. The van der Waals surface area contributed by atoms with Crippen LogP contribution in [0.15, 0.2) is 268 Å². The van der Waals surface area contributed by atoms with Crippen LogP contribution >= 0.6 is 35.3 Å². The SMILES string of the molecule is CCc1ccccc1CN1CCN(c2ccc(-c3cc(-c4cnn(C)c4)cn4ncc(C#N)c34)cn2)CC1.CSCCN1CCN(c2ccc(-c3cc(-c4cnn(C)c4)cn4ncc(C#N)c34)cn2)CC1.CSc1ccc(CN2C3CC2CN(c2ccc(-c4cc(-c5cnn(C)c5)cn5ncc(C#N)c45)cn2)C3)nc1.CSc1ccc(N2CCN(c3ccc(-c4cc(-c5cnn(C)c5)cn5ncc(C#N)c45)cn3)CC2)cn1. The molecule has 37 heteroatoms. The number of rotatable bonds is 23. The number of hydrogen-bond acceptors (Lipinski definition) is 29. The summed E-state index contributed by atoms with van der Waals surface area (Å²) in [7, 11) is 7.59. The van der Waals surface area contributed by atoms with Crippen molar-refractivity contribution in [2.45, 2.75) is 54.9 Å². The van der Waals surface area contributed by atoms with Gasteiger partial charge in [-0.2, -0.15) is 73.6 Å². The molecule has 6 fully saturated rings. The van der Waals surface area contributed by atoms with Crippen LogP contribution in [0.1, 0.15) is 52.4 Å². The van der Waals surface area contributed by atoms with Gasteiger partial charge in [0.2, 0.25) is 0 Å². The average Bonchev–Trinajstić information content (AvgIpc) is 1.70. The van der Waals surface area contributed by atoms with Gasteiger partial charge in [-0.1, -0.05) is 31.2 Å². The molecular weight excluding hydrogens is 1890 g/mol. The van der Waals surface area contributed by atoms with Gasteiger partial charge in [-0.25, -0.2) is 43.0 Å². The summed E-state index contributed by atoms with van der Waals surface area (Å²) in [6.45, 7) is 18.8. The number of benzene rings is 1. The molecule has 6 saturated heterocycles. The summed E-state index contributed by atoms with van der Waals surface area (Å²) in [6, 6.07) is 52.5. The van der Waals surface area contributed by atoms with E-state index in [-0.39, 0.29) is 0 Å². The normalized spacial score (nSPS) is 15.4. The second-order valence-electron chi connectivity index (χ2n) is 37.2. The first-order valence-electron chi connectivity index (χ1n) is 49.0. The standard InChI is InChI=1S/C30H30N8.C29H27N9S.C27H25N9S.C24H26N8S/c1-3-22-6-4-5-7-24(22)20-36-10-12-37(13-11-36)29-9-8-23(16-32-29)28-14-25(27-18-33-35(2)19-27)21-38-30(28)26(15-31)17-34-38;1-35-14-22(12-33-35)20-7-27(29-21(9-30)11-34-38(29)15-20)19-3-6-28(32-10-19)36-17-24-8-25(18-36)37(24)16-23-4-5-26(39-2)13-31-23;1-33-17-22(15-31-33)20-11-24(27-21(12-28)14-32-36(27)18-20)19-3-5-25(29-13-19)35-9-7-34(8-10-35)23-4-6-26(37-2)30-16-23;1-29-16-21(15-27-29)19-11-22(24-20(12-25)14-28-32(24)17-19)18-3-4-23(26-13-18)31-7-5-30(6-8-31)9-10-33-2/h4-9,14,16-19,21H,3,10-13,20H2,1-2H3;3-7,10-15,24-25H,8,16-18H2,1-2H3;3-6,11,13-18H,7-10H2,1-2H3;3-4,11,13-17H,5-10H2,1-2H3. The summed E-state index contributed by atoms with van der Waals surface area (Å²) in [6.07, 6.45) is 49.6. The lowest BCUT2D eigenvalue weighted by atomic mass is 9.87. The van der Waals surface area contributed by atoms with E-state index in [1.807, 2.05) is 158 Å². The molecule has 2 bridgehead atoms. The molecule has 2 atom stereocenters. The maximum Gasteiger partial charge on any atom is 0.128 e. The van der Waals surface area contributed by atoms with Gasteiger partial charge in [0.05, 0.1) is 116 Å². The predicted octanol–water partition coefficient (Wildman–Crippen LogP) is 16.1. The van der Waals surface area contributed by atoms with Crippen LogP contribution in [0.4, 0.5) is 29.0 Å². The molecule has 0 saturated carbocycles. The Morgan fingerprint density at radius 2 is 0.707 bits per heavy atom. The molecule has 34 nitrogen and oxygen atoms in total. The van der Waals surface area contributed by atoms with Crippen LogP contribution in [0.2, 0.25) is 0 Å². The van der Waals surface area contributed by atoms with E-state index in [2.05, 4.69) is 255 Å². The van der Waals surface area contributed by atoms with Crippen molar-refractivity contribution < 1.29 is 0 Å². The summed E-state index contributed by atoms with van der Waals surface area (Å²) in [5, 5.41) is 74.7. The maximum absolute atomic E-state index is 9.72. The van der Waals surface area contributed by atoms with Gasteiger partial charge < -0.3 is 24.5 Å². The largest absolute Gasteiger partial charge is 0.367 e. The number of thioether (sulfide) groups is 3. The molecular formula is C110H108N34S3. The summed E-state index contributed by atoms with van der Waals surface area (Å²) >= 11 is 5.27. The van der Waals surface area contributed by atoms with Gasteiger partial charge in [-0.3, -0.25) is 38.4 Å². The lowest BCUT2D eigenvalue weighted by Gasteiger charge is -2.56. The number of aromatic nitrogens is 22. The van der Waals surface area contributed by atoms with Gasteiger partial charge in [0.15, 0.2) is 0 Å². The lowest BCUT2D eigenvalue weighted by molar-refractivity contribution is -0.00969. The van der Waals surface area contributed by atoms with Crippen LogP contribution in [0.25, 0.3) is 111 Å². The molecule has 0 aliphatic carbocycles. The second kappa shape index (κ2) is 43.3. The highest BCUT2D eigenvalue weighted by atomic mass is 32.2. The van der Waals surface area contributed by atoms with Crippen molar-refractivity contribution in [3.05, 3.63) is 297 Å². The minimum Gasteiger partial charge on any atom is -0.367 e. The van der Waals surface area contributed by atoms with Crippen molar-refractivity contribution in [3.63, 3.8) is 0 Å². The van der Waals surface area contributed by atoms with E-state index in [9.17, 15) is 21.0 Å². The Kier molecular flexibility index (Phi) is 28.5. The van der Waals surface area contributed by atoms with Crippen LogP contribution < -0.4 is 24.5 Å². The van der Waals surface area contributed by atoms with Crippen molar-refractivity contribution in [1.82, 2.24) is 122 Å². The Morgan fingerprint density at radius 3 is 1.03 bits per heavy atom. The number of hydrogen-bond donors (Lipinski definition) is 0. The molecule has 147 heavy (non-hydrogen) atoms. The highest BCUT2D eigenvalue weighted by Crippen LogP contribution is 2.41. The van der Waals surface area contributed by atoms with Crippen LogP contribution in [-0.4, -0.2) is 257 Å². The van der Waals surface area contributed by atoms with Crippen LogP contribution in [0, 0.1) is 45.3 Å². The van der Waals surface area contributed by atoms with Gasteiger partial charge in [-0.05, 0) is 140 Å². The first-order chi connectivity index (χ1) is 72.0. The van der Waals surface area contributed by atoms with E-state index in [1.54, 1.807) is 85.1 Å². The average molecular weight is 2000 g/mol. The molecule has 0 radical (unpaired) electrons. The minimum atomic E-state index is 0.521. The number of fused-ring (bicyclic) bond motifs is 6. The van der Waals surface area contributed by atoms with Gasteiger partial charge in [0.25, 0.3) is 0 Å². The van der Waals surface area contributed by atoms with E-state index >= 15 is 0 Å². The molecule has 736 valence electrons. The lowest BCUT2D eigenvalue weighted by Crippen LogP contribution is -2.68. The third-order valence-corrected chi connectivity index (χ3v) is 30.1. The van der Waals surface area contributed by atoms with Gasteiger partial charge in [-0.15, -0.1) is 23.5 Å². The van der Waals surface area contributed by atoms with Crippen molar-refractivity contribution in [1.29, 1.82) is 21.0 Å². The zero-order chi connectivity index (χ0) is 101. The molecule has 6 aliphatic rings. The molecule has 6 aliphatic heterocycles. The summed E-state index contributed by atoms with van der Waals surface area (Å²) < 4.78 is 14.2. The highest BCUT2D eigenvalue weighted by molar-refractivity contribution is 7.99. The number of pyridine rings is 10. The summed E-state index contributed by atoms with van der Waals surface area (Å²) in [5.41, 5.74) is 25.9. The van der Waals surface area contributed by atoms with Crippen molar-refractivity contribution in [3.8, 4) is 113 Å². The molecule has 19 aromatic rings. The van der Waals surface area contributed by atoms with E-state index in [0.29, 0.717) is 34.3 Å². The first-order valence-corrected chi connectivity index (χ1v) is 52.8. The van der Waals surface area contributed by atoms with E-state index in [4.69, 9.17) is 19.9 Å². The molecule has 18 aromatic heterocycles. The van der Waals surface area contributed by atoms with Crippen molar-refractivity contribution >= 4 is 86.3 Å². The molecule has 1 aromatic carbocycles. The highest BCUT2D eigenvalue weighted by Gasteiger charge is 2.45. The van der Waals surface area contributed by atoms with Crippen LogP contribution in [-0.2, 0) is 47.7 Å². The molecule has 0 spiro atoms. The van der Waals surface area contributed by atoms with Crippen LogP contribution in [0.5, 0.6) is 0 Å². The number of aryl methyl sites for hydroxylation is 5. The van der Waals surface area contributed by atoms with Gasteiger partial charge in [0.1, 0.15) is 47.5 Å². The van der Waals surface area contributed by atoms with E-state index < -0.39 is 0 Å². The fourth-order valence-corrected chi connectivity index (χ4v) is 21.4. The Labute approximate surface area is 864 Å². The Hall–Kier alpha value is -16.4. The van der Waals surface area contributed by atoms with Crippen molar-refractivity contribution in [2.75, 3.05) is 147 Å². The summed E-state index contributed by atoms with van der Waals surface area (Å²) in [4.78, 5) is 49.1. The van der Waals surface area contributed by atoms with Crippen molar-refractivity contribution in [2.24, 2.45) is 28.2 Å². The Morgan fingerprint density at radius 1 is 0.327 bits per heavy atom. The van der Waals surface area contributed by atoms with E-state index in [1.165, 1.54) is 28.2 Å². The maximum atomic E-state index is 9.72. The number of piperazine rings is 4. The fourth-order valence-electron chi connectivity index (χ4n) is 20.2. The fraction of sp³-hybridized carbons (Fsp3) is 0.273. The number of nitrogens with zero attached hydrogens (tertiary/aromatic N) is 34. The Bertz CT molecular complexity index is 8070. The second-order valence-corrected chi connectivity index (χ2v) is 39.9. The summed E-state index contributed by atoms with van der Waals surface area (Å²) in [5.74, 6) is 5.10. The monoisotopic (exact) mass is 2000 g/mol. The zero-order valence-corrected chi connectivity index (χ0v) is 85.4. The molecule has 0 amide bonds. The van der Waals surface area contributed by atoms with Crippen LogP contribution in [0.3, 0.4) is 0 Å². The predicted molar refractivity (Wildman–Crippen MR) is 578 cm³/mol. The molecule has 25 rings (SSSR count). The first kappa shape index (κ1) is 96.7. The smallest absolute Gasteiger partial charge is 0.128 e. The van der Waals surface area contributed by atoms with Gasteiger partial charge in [0, 0.05) is 332 Å². The van der Waals surface area contributed by atoms with Gasteiger partial charge >= 0.3 is 0 Å². The quantitative estimate of drug-likeness (QED) is 0.0537. The molecule has 0 N–H and O–H groups in total. The minimum absolute atomic E-state index is 0.521. The molecule has 24 heterocycles. The topological polar surface area (TPSA) is 339 Å². The number of piperidine rings is 1. The zero-order valence-electron chi connectivity index (χ0n) is 83.0. The third-order valence-electron chi connectivity index (χ3n) is 28.2. The Balaban J connectivity index is 0.000000115. The third kappa shape index (κ3) is 20.8. The molecule has 2 unspecified atom stereocenters. The van der Waals surface area contributed by atoms with E-state index in [0.717, 1.165) is 268 Å². The number of anilines is 5.